The highest BCUT2D eigenvalue weighted by Gasteiger charge is 2.16. The lowest BCUT2D eigenvalue weighted by Gasteiger charge is -2.07. The smallest absolute Gasteiger partial charge is 0.100 e. The maximum atomic E-state index is 10.0. The zero-order valence-electron chi connectivity index (χ0n) is 7.91. The van der Waals surface area contributed by atoms with Crippen LogP contribution < -0.4 is 0 Å². The maximum absolute atomic E-state index is 10.0. The summed E-state index contributed by atoms with van der Waals surface area (Å²) in [5.41, 5.74) is 0.709. The van der Waals surface area contributed by atoms with Gasteiger partial charge in [-0.15, -0.1) is 22.7 Å². The summed E-state index contributed by atoms with van der Waals surface area (Å²) in [6.45, 7) is 0. The summed E-state index contributed by atoms with van der Waals surface area (Å²) >= 11 is 18.1. The van der Waals surface area contributed by atoms with Gasteiger partial charge in [0.2, 0.25) is 0 Å². The molecule has 0 spiro atoms. The molecule has 2 aromatic heterocycles. The average molecular weight is 358 g/mol. The highest BCUT2D eigenvalue weighted by Crippen LogP contribution is 2.37. The van der Waals surface area contributed by atoms with E-state index in [2.05, 4.69) is 15.9 Å². The van der Waals surface area contributed by atoms with Gasteiger partial charge in [-0.25, -0.2) is 0 Å². The molecule has 1 N–H and O–H groups in total. The van der Waals surface area contributed by atoms with Gasteiger partial charge in [0, 0.05) is 16.9 Å². The molecule has 0 saturated heterocycles. The van der Waals surface area contributed by atoms with Gasteiger partial charge in [0.1, 0.15) is 4.34 Å². The maximum Gasteiger partial charge on any atom is 0.100 e. The largest absolute Gasteiger partial charge is 0.388 e. The van der Waals surface area contributed by atoms with E-state index in [0.29, 0.717) is 20.7 Å². The second-order valence-corrected chi connectivity index (χ2v) is 8.04. The molecule has 0 aliphatic carbocycles. The Morgan fingerprint density at radius 1 is 1.31 bits per heavy atom. The first-order chi connectivity index (χ1) is 7.56. The lowest BCUT2D eigenvalue weighted by Crippen LogP contribution is -1.99. The van der Waals surface area contributed by atoms with Crippen LogP contribution >= 0.6 is 61.8 Å². The minimum Gasteiger partial charge on any atom is -0.388 e. The molecule has 2 aromatic rings. The number of hydrogen-bond acceptors (Lipinski definition) is 3. The number of halogens is 3. The zero-order chi connectivity index (χ0) is 11.7. The molecule has 0 aliphatic heterocycles. The van der Waals surface area contributed by atoms with Crippen LogP contribution in [0.3, 0.4) is 0 Å². The van der Waals surface area contributed by atoms with Gasteiger partial charge in [-0.3, -0.25) is 0 Å². The molecule has 0 fully saturated rings. The molecule has 6 heteroatoms. The first-order valence-electron chi connectivity index (χ1n) is 4.43. The summed E-state index contributed by atoms with van der Waals surface area (Å²) in [4.78, 5) is 1.11. The summed E-state index contributed by atoms with van der Waals surface area (Å²) in [5, 5.41) is 10.0. The quantitative estimate of drug-likeness (QED) is 0.804. The van der Waals surface area contributed by atoms with Gasteiger partial charge in [-0.1, -0.05) is 23.2 Å². The molecule has 1 nitrogen and oxygen atoms in total. The van der Waals surface area contributed by atoms with Crippen molar-refractivity contribution < 1.29 is 5.11 Å². The normalized spacial score (nSPS) is 13.0. The number of thiophene rings is 2. The molecule has 2 rings (SSSR count). The molecular weight excluding hydrogens is 351 g/mol. The van der Waals surface area contributed by atoms with Crippen molar-refractivity contribution in [1.82, 2.24) is 0 Å². The molecule has 1 unspecified atom stereocenters. The first-order valence-corrected chi connectivity index (χ1v) is 7.61. The van der Waals surface area contributed by atoms with Gasteiger partial charge in [-0.2, -0.15) is 0 Å². The van der Waals surface area contributed by atoms with Crippen molar-refractivity contribution >= 4 is 61.8 Å². The lowest BCUT2D eigenvalue weighted by atomic mass is 10.1. The number of aliphatic hydroxyl groups excluding tert-OH is 1. The fourth-order valence-electron chi connectivity index (χ4n) is 1.34. The summed E-state index contributed by atoms with van der Waals surface area (Å²) in [6.07, 6.45) is -0.0370. The van der Waals surface area contributed by atoms with Crippen molar-refractivity contribution in [2.24, 2.45) is 0 Å². The van der Waals surface area contributed by atoms with Crippen LogP contribution in [0.5, 0.6) is 0 Å². The molecule has 0 bridgehead atoms. The highest BCUT2D eigenvalue weighted by atomic mass is 79.9. The highest BCUT2D eigenvalue weighted by molar-refractivity contribution is 9.11. The first kappa shape index (κ1) is 12.9. The van der Waals surface area contributed by atoms with Gasteiger partial charge in [0.15, 0.2) is 0 Å². The Labute approximate surface area is 120 Å². The van der Waals surface area contributed by atoms with Crippen LogP contribution in [-0.4, -0.2) is 5.11 Å². The third-order valence-electron chi connectivity index (χ3n) is 2.07. The molecule has 0 amide bonds. The van der Waals surface area contributed by atoms with Crippen LogP contribution in [0.25, 0.3) is 0 Å². The Kier molecular flexibility index (Phi) is 4.32. The predicted molar refractivity (Wildman–Crippen MR) is 75.0 cm³/mol. The van der Waals surface area contributed by atoms with E-state index in [1.807, 2.05) is 12.1 Å². The second kappa shape index (κ2) is 5.38. The van der Waals surface area contributed by atoms with Crippen molar-refractivity contribution in [1.29, 1.82) is 0 Å². The van der Waals surface area contributed by atoms with Gasteiger partial charge in [0.05, 0.1) is 14.2 Å². The van der Waals surface area contributed by atoms with Crippen molar-refractivity contribution in [3.63, 3.8) is 0 Å². The van der Waals surface area contributed by atoms with Crippen LogP contribution in [0, 0.1) is 0 Å². The van der Waals surface area contributed by atoms with Gasteiger partial charge in [0.25, 0.3) is 0 Å². The topological polar surface area (TPSA) is 20.2 Å². The fourth-order valence-corrected chi connectivity index (χ4v) is 4.43. The van der Waals surface area contributed by atoms with Crippen LogP contribution in [0.2, 0.25) is 8.67 Å². The van der Waals surface area contributed by atoms with Gasteiger partial charge >= 0.3 is 0 Å². The summed E-state index contributed by atoms with van der Waals surface area (Å²) in [6, 6.07) is 5.68. The van der Waals surface area contributed by atoms with Crippen LogP contribution in [0.4, 0.5) is 0 Å². The SMILES string of the molecule is OC(Cc1ccc(Br)s1)c1cc(Cl)sc1Cl. The lowest BCUT2D eigenvalue weighted by molar-refractivity contribution is 0.180. The molecular formula is C10H7BrCl2OS2. The average Bonchev–Trinajstić information content (AvgIpc) is 2.73. The zero-order valence-corrected chi connectivity index (χ0v) is 12.6. The standard InChI is InChI=1S/C10H7BrCl2OS2/c11-8-2-1-5(15-8)3-7(14)6-4-9(12)16-10(6)13/h1-2,4,7,14H,3H2. The Morgan fingerprint density at radius 3 is 2.56 bits per heavy atom. The molecule has 16 heavy (non-hydrogen) atoms. The third-order valence-corrected chi connectivity index (χ3v) is 5.23. The Morgan fingerprint density at radius 2 is 2.06 bits per heavy atom. The Hall–Kier alpha value is 0.420. The van der Waals surface area contributed by atoms with E-state index in [1.54, 1.807) is 17.4 Å². The van der Waals surface area contributed by atoms with Crippen LogP contribution in [0.15, 0.2) is 22.0 Å². The number of hydrogen-bond donors (Lipinski definition) is 1. The Bertz CT molecular complexity index is 495. The van der Waals surface area contributed by atoms with E-state index < -0.39 is 6.10 Å². The minimum atomic E-state index is -0.596. The van der Waals surface area contributed by atoms with Crippen molar-refractivity contribution in [2.45, 2.75) is 12.5 Å². The van der Waals surface area contributed by atoms with E-state index >= 15 is 0 Å². The van der Waals surface area contributed by atoms with Crippen molar-refractivity contribution in [2.75, 3.05) is 0 Å². The molecule has 0 saturated carbocycles. The van der Waals surface area contributed by atoms with Crippen LogP contribution in [0.1, 0.15) is 16.5 Å². The molecule has 1 atom stereocenters. The number of aliphatic hydroxyl groups is 1. The predicted octanol–water partition coefficient (Wildman–Crippen LogP) is 5.16. The van der Waals surface area contributed by atoms with Gasteiger partial charge < -0.3 is 5.11 Å². The Balaban J connectivity index is 2.14. The van der Waals surface area contributed by atoms with E-state index in [9.17, 15) is 5.11 Å². The molecule has 2 heterocycles. The summed E-state index contributed by atoms with van der Waals surface area (Å²) in [5.74, 6) is 0. The monoisotopic (exact) mass is 356 g/mol. The third kappa shape index (κ3) is 3.00. The second-order valence-electron chi connectivity index (χ2n) is 3.21. The molecule has 0 aliphatic rings. The van der Waals surface area contributed by atoms with E-state index in [1.165, 1.54) is 11.3 Å². The van der Waals surface area contributed by atoms with Crippen LogP contribution in [-0.2, 0) is 6.42 Å². The molecule has 86 valence electrons. The van der Waals surface area contributed by atoms with E-state index in [-0.39, 0.29) is 0 Å². The fraction of sp³-hybridized carbons (Fsp3) is 0.200. The van der Waals surface area contributed by atoms with Gasteiger partial charge in [-0.05, 0) is 34.1 Å². The van der Waals surface area contributed by atoms with E-state index in [0.717, 1.165) is 8.66 Å². The van der Waals surface area contributed by atoms with E-state index in [4.69, 9.17) is 23.2 Å². The minimum absolute atomic E-state index is 0.559. The van der Waals surface area contributed by atoms with Crippen molar-refractivity contribution in [3.8, 4) is 0 Å². The molecule has 0 radical (unpaired) electrons. The summed E-state index contributed by atoms with van der Waals surface area (Å²) in [7, 11) is 0. The summed E-state index contributed by atoms with van der Waals surface area (Å²) < 4.78 is 2.23. The number of rotatable bonds is 3. The molecule has 0 aromatic carbocycles. The van der Waals surface area contributed by atoms with Crippen molar-refractivity contribution in [3.05, 3.63) is 41.1 Å².